The van der Waals surface area contributed by atoms with Gasteiger partial charge in [-0.15, -0.1) is 0 Å². The molecule has 3 N–H and O–H groups in total. The second kappa shape index (κ2) is 5.88. The molecule has 0 saturated carbocycles. The molecule has 2 aromatic rings. The summed E-state index contributed by atoms with van der Waals surface area (Å²) in [6, 6.07) is 9.35. The van der Waals surface area contributed by atoms with Crippen LogP contribution >= 0.6 is 0 Å². The van der Waals surface area contributed by atoms with Crippen molar-refractivity contribution in [2.75, 3.05) is 11.4 Å². The Kier molecular flexibility index (Phi) is 4.20. The number of phenols is 1. The fraction of sp³-hybridized carbons (Fsp3) is 0.200. The topological polar surface area (TPSA) is 49.5 Å². The van der Waals surface area contributed by atoms with Crippen LogP contribution in [-0.2, 0) is 6.54 Å². The highest BCUT2D eigenvalue weighted by Crippen LogP contribution is 2.31. The minimum absolute atomic E-state index is 0.0543. The summed E-state index contributed by atoms with van der Waals surface area (Å²) in [4.78, 5) is 1.58. The average molecular weight is 278 g/mol. The lowest BCUT2D eigenvalue weighted by Gasteiger charge is -2.24. The summed E-state index contributed by atoms with van der Waals surface area (Å²) < 4.78 is 28.0. The van der Waals surface area contributed by atoms with E-state index in [1.165, 1.54) is 24.3 Å². The second-order valence-corrected chi connectivity index (χ2v) is 4.34. The van der Waals surface area contributed by atoms with Crippen molar-refractivity contribution < 1.29 is 13.9 Å². The first-order valence-electron chi connectivity index (χ1n) is 6.32. The van der Waals surface area contributed by atoms with Gasteiger partial charge in [0, 0.05) is 30.4 Å². The molecular weight excluding hydrogens is 262 g/mol. The van der Waals surface area contributed by atoms with Crippen molar-refractivity contribution in [1.82, 2.24) is 0 Å². The molecule has 0 saturated heterocycles. The van der Waals surface area contributed by atoms with Crippen LogP contribution in [0.1, 0.15) is 12.5 Å². The Balaban J connectivity index is 2.50. The zero-order valence-corrected chi connectivity index (χ0v) is 11.1. The highest BCUT2D eigenvalue weighted by atomic mass is 19.2. The van der Waals surface area contributed by atoms with Crippen LogP contribution in [0.2, 0.25) is 0 Å². The maximum atomic E-state index is 14.1. The number of anilines is 2. The first kappa shape index (κ1) is 14.3. The highest BCUT2D eigenvalue weighted by molar-refractivity contribution is 5.65. The standard InChI is InChI=1S/C15H16F2N2O/c1-2-19(11-4-3-5-12(20)8-11)13-7-6-10(9-18)14(16)15(13)17/h3-8,20H,2,9,18H2,1H3. The van der Waals surface area contributed by atoms with Gasteiger partial charge in [0.05, 0.1) is 5.69 Å². The number of nitrogens with two attached hydrogens (primary N) is 1. The molecule has 0 radical (unpaired) electrons. The van der Waals surface area contributed by atoms with E-state index < -0.39 is 11.6 Å². The van der Waals surface area contributed by atoms with Crippen molar-refractivity contribution in [3.05, 3.63) is 53.6 Å². The lowest BCUT2D eigenvalue weighted by atomic mass is 10.1. The van der Waals surface area contributed by atoms with Gasteiger partial charge in [-0.3, -0.25) is 0 Å². The fourth-order valence-corrected chi connectivity index (χ4v) is 2.10. The third-order valence-electron chi connectivity index (χ3n) is 3.11. The van der Waals surface area contributed by atoms with Gasteiger partial charge in [0.2, 0.25) is 0 Å². The Morgan fingerprint density at radius 1 is 1.15 bits per heavy atom. The lowest BCUT2D eigenvalue weighted by molar-refractivity contribution is 0.475. The van der Waals surface area contributed by atoms with Gasteiger partial charge >= 0.3 is 0 Å². The van der Waals surface area contributed by atoms with Crippen LogP contribution in [0.5, 0.6) is 5.75 Å². The number of phenolic OH excluding ortho intramolecular Hbond substituents is 1. The third kappa shape index (κ3) is 2.58. The van der Waals surface area contributed by atoms with Crippen LogP contribution in [0.3, 0.4) is 0 Å². The van der Waals surface area contributed by atoms with E-state index in [0.717, 1.165) is 0 Å². The molecular formula is C15H16F2N2O. The van der Waals surface area contributed by atoms with Crippen molar-refractivity contribution in [2.45, 2.75) is 13.5 Å². The predicted octanol–water partition coefficient (Wildman–Crippen LogP) is 3.29. The van der Waals surface area contributed by atoms with Gasteiger partial charge in [0.15, 0.2) is 11.6 Å². The van der Waals surface area contributed by atoms with Crippen molar-refractivity contribution in [2.24, 2.45) is 5.73 Å². The predicted molar refractivity (Wildman–Crippen MR) is 75.0 cm³/mol. The summed E-state index contributed by atoms with van der Waals surface area (Å²) in [5, 5.41) is 9.50. The molecule has 0 aliphatic carbocycles. The summed E-state index contributed by atoms with van der Waals surface area (Å²) in [6.07, 6.45) is 0. The van der Waals surface area contributed by atoms with E-state index in [4.69, 9.17) is 5.73 Å². The average Bonchev–Trinajstić information content (AvgIpc) is 2.44. The molecule has 3 nitrogen and oxygen atoms in total. The number of hydrogen-bond donors (Lipinski definition) is 2. The van der Waals surface area contributed by atoms with Gasteiger partial charge in [-0.1, -0.05) is 12.1 Å². The van der Waals surface area contributed by atoms with Gasteiger partial charge in [-0.2, -0.15) is 0 Å². The summed E-state index contributed by atoms with van der Waals surface area (Å²) in [6.45, 7) is 2.20. The Morgan fingerprint density at radius 3 is 2.50 bits per heavy atom. The number of rotatable bonds is 4. The minimum Gasteiger partial charge on any atom is -0.508 e. The van der Waals surface area contributed by atoms with E-state index in [9.17, 15) is 13.9 Å². The molecule has 20 heavy (non-hydrogen) atoms. The highest BCUT2D eigenvalue weighted by Gasteiger charge is 2.18. The van der Waals surface area contributed by atoms with Crippen molar-refractivity contribution in [3.63, 3.8) is 0 Å². The number of benzene rings is 2. The molecule has 0 heterocycles. The van der Waals surface area contributed by atoms with Crippen LogP contribution in [0.25, 0.3) is 0 Å². The quantitative estimate of drug-likeness (QED) is 0.902. The third-order valence-corrected chi connectivity index (χ3v) is 3.11. The SMILES string of the molecule is CCN(c1cccc(O)c1)c1ccc(CN)c(F)c1F. The molecule has 5 heteroatoms. The molecule has 0 atom stereocenters. The van der Waals surface area contributed by atoms with Crippen molar-refractivity contribution in [1.29, 1.82) is 0 Å². The van der Waals surface area contributed by atoms with E-state index in [-0.39, 0.29) is 23.5 Å². The molecule has 2 rings (SSSR count). The number of halogens is 2. The van der Waals surface area contributed by atoms with E-state index >= 15 is 0 Å². The lowest BCUT2D eigenvalue weighted by Crippen LogP contribution is -2.18. The summed E-state index contributed by atoms with van der Waals surface area (Å²) in [7, 11) is 0. The fourth-order valence-electron chi connectivity index (χ4n) is 2.10. The minimum atomic E-state index is -0.932. The van der Waals surface area contributed by atoms with Crippen LogP contribution in [-0.4, -0.2) is 11.7 Å². The van der Waals surface area contributed by atoms with Crippen LogP contribution in [0.15, 0.2) is 36.4 Å². The van der Waals surface area contributed by atoms with E-state index in [2.05, 4.69) is 0 Å². The summed E-state index contributed by atoms with van der Waals surface area (Å²) in [5.74, 6) is -1.79. The van der Waals surface area contributed by atoms with Crippen molar-refractivity contribution >= 4 is 11.4 Å². The molecule has 0 bridgehead atoms. The molecule has 0 amide bonds. The van der Waals surface area contributed by atoms with Crippen molar-refractivity contribution in [3.8, 4) is 5.75 Å². The monoisotopic (exact) mass is 278 g/mol. The number of hydrogen-bond acceptors (Lipinski definition) is 3. The van der Waals surface area contributed by atoms with E-state index in [1.807, 2.05) is 6.92 Å². The number of aromatic hydroxyl groups is 1. The molecule has 0 spiro atoms. The molecule has 0 aliphatic rings. The largest absolute Gasteiger partial charge is 0.508 e. The molecule has 0 fully saturated rings. The first-order valence-corrected chi connectivity index (χ1v) is 6.32. The van der Waals surface area contributed by atoms with Crippen LogP contribution < -0.4 is 10.6 Å². The Morgan fingerprint density at radius 2 is 1.90 bits per heavy atom. The zero-order valence-electron chi connectivity index (χ0n) is 11.1. The molecule has 106 valence electrons. The molecule has 0 unspecified atom stereocenters. The van der Waals surface area contributed by atoms with E-state index in [1.54, 1.807) is 17.0 Å². The molecule has 0 aliphatic heterocycles. The van der Waals surface area contributed by atoms with Gasteiger partial charge in [-0.25, -0.2) is 8.78 Å². The smallest absolute Gasteiger partial charge is 0.182 e. The van der Waals surface area contributed by atoms with E-state index in [0.29, 0.717) is 12.2 Å². The Labute approximate surface area is 116 Å². The normalized spacial score (nSPS) is 10.6. The number of nitrogens with zero attached hydrogens (tertiary/aromatic N) is 1. The Hall–Kier alpha value is -2.14. The maximum Gasteiger partial charge on any atom is 0.182 e. The first-order chi connectivity index (χ1) is 9.58. The zero-order chi connectivity index (χ0) is 14.7. The second-order valence-electron chi connectivity index (χ2n) is 4.34. The summed E-state index contributed by atoms with van der Waals surface area (Å²) in [5.41, 5.74) is 6.20. The van der Waals surface area contributed by atoms with Gasteiger partial charge in [0.25, 0.3) is 0 Å². The van der Waals surface area contributed by atoms with Gasteiger partial charge in [0.1, 0.15) is 5.75 Å². The van der Waals surface area contributed by atoms with Gasteiger partial charge < -0.3 is 15.7 Å². The summed E-state index contributed by atoms with van der Waals surface area (Å²) >= 11 is 0. The van der Waals surface area contributed by atoms with Crippen LogP contribution in [0.4, 0.5) is 20.2 Å². The Bertz CT molecular complexity index is 617. The maximum absolute atomic E-state index is 14.1. The van der Waals surface area contributed by atoms with Gasteiger partial charge in [-0.05, 0) is 25.1 Å². The molecule has 0 aromatic heterocycles. The van der Waals surface area contributed by atoms with Crippen LogP contribution in [0, 0.1) is 11.6 Å². The molecule has 2 aromatic carbocycles.